The van der Waals surface area contributed by atoms with E-state index in [1.165, 1.54) is 17.2 Å². The first-order valence-corrected chi connectivity index (χ1v) is 7.25. The molecule has 6 heteroatoms. The maximum Gasteiger partial charge on any atom is 0.296 e. The third-order valence-electron chi connectivity index (χ3n) is 4.08. The zero-order chi connectivity index (χ0) is 16.0. The smallest absolute Gasteiger partial charge is 0.296 e. The number of ketones is 1. The summed E-state index contributed by atoms with van der Waals surface area (Å²) < 4.78 is 0. The van der Waals surface area contributed by atoms with Crippen molar-refractivity contribution in [2.75, 3.05) is 10.6 Å². The monoisotopic (exact) mass is 307 g/mol. The average molecular weight is 307 g/mol. The lowest BCUT2D eigenvalue weighted by Crippen LogP contribution is -2.13. The molecule has 6 nitrogen and oxygen atoms in total. The minimum atomic E-state index is -0.663. The van der Waals surface area contributed by atoms with Crippen molar-refractivity contribution in [1.82, 2.24) is 5.32 Å². The van der Waals surface area contributed by atoms with Crippen LogP contribution < -0.4 is 16.0 Å². The molecule has 0 unspecified atom stereocenters. The number of hydrogen-bond acceptors (Lipinski definition) is 4. The average Bonchev–Trinajstić information content (AvgIpc) is 3.12. The molecule has 0 bridgehead atoms. The Kier molecular flexibility index (Phi) is 2.99. The molecular weight excluding hydrogens is 294 g/mol. The van der Waals surface area contributed by atoms with Gasteiger partial charge in [-0.15, -0.1) is 0 Å². The summed E-state index contributed by atoms with van der Waals surface area (Å²) in [5.41, 5.74) is 4.13. The van der Waals surface area contributed by atoms with Crippen molar-refractivity contribution in [3.8, 4) is 0 Å². The van der Waals surface area contributed by atoms with Crippen LogP contribution in [0.15, 0.2) is 36.4 Å². The van der Waals surface area contributed by atoms with Gasteiger partial charge < -0.3 is 16.0 Å². The number of rotatable bonds is 2. The van der Waals surface area contributed by atoms with Crippen LogP contribution >= 0.6 is 0 Å². The van der Waals surface area contributed by atoms with Crippen LogP contribution in [0.5, 0.6) is 0 Å². The number of hydrogen-bond donors (Lipinski definition) is 3. The molecule has 0 aliphatic carbocycles. The van der Waals surface area contributed by atoms with Crippen LogP contribution in [-0.4, -0.2) is 17.6 Å². The first-order chi connectivity index (χ1) is 11.1. The molecule has 2 aromatic carbocycles. The van der Waals surface area contributed by atoms with Crippen LogP contribution in [0, 0.1) is 0 Å². The number of benzene rings is 2. The molecule has 0 radical (unpaired) electrons. The van der Waals surface area contributed by atoms with Gasteiger partial charge in [0.2, 0.25) is 0 Å². The Labute approximate surface area is 131 Å². The maximum absolute atomic E-state index is 12.4. The first-order valence-electron chi connectivity index (χ1n) is 7.25. The van der Waals surface area contributed by atoms with Crippen molar-refractivity contribution in [2.45, 2.75) is 13.1 Å². The fraction of sp³-hybridized carbons (Fsp3) is 0.118. The molecule has 2 heterocycles. The Morgan fingerprint density at radius 2 is 1.83 bits per heavy atom. The van der Waals surface area contributed by atoms with Gasteiger partial charge in [0.1, 0.15) is 0 Å². The first kappa shape index (κ1) is 13.7. The van der Waals surface area contributed by atoms with Gasteiger partial charge in [-0.2, -0.15) is 0 Å². The number of Topliss-reactive ketones (excluding diaryl/α,β-unsaturated/α-hetero) is 1. The number of carbonyl (C=O) groups excluding carboxylic acids is 3. The second-order valence-electron chi connectivity index (χ2n) is 5.58. The highest BCUT2D eigenvalue weighted by Crippen LogP contribution is 2.25. The van der Waals surface area contributed by atoms with Gasteiger partial charge in [0.15, 0.2) is 0 Å². The van der Waals surface area contributed by atoms with Crippen LogP contribution in [0.1, 0.15) is 31.8 Å². The Hall–Kier alpha value is -2.99. The molecule has 2 amide bonds. The van der Waals surface area contributed by atoms with E-state index in [-0.39, 0.29) is 11.5 Å². The van der Waals surface area contributed by atoms with Gasteiger partial charge in [-0.25, -0.2) is 0 Å². The lowest BCUT2D eigenvalue weighted by atomic mass is 10.1. The molecule has 2 aromatic rings. The largest absolute Gasteiger partial charge is 0.322 e. The van der Waals surface area contributed by atoms with Gasteiger partial charge in [-0.05, 0) is 41.5 Å². The van der Waals surface area contributed by atoms with Gasteiger partial charge in [0.25, 0.3) is 17.6 Å². The minimum Gasteiger partial charge on any atom is -0.322 e. The van der Waals surface area contributed by atoms with E-state index in [2.05, 4.69) is 16.0 Å². The topological polar surface area (TPSA) is 87.3 Å². The highest BCUT2D eigenvalue weighted by molar-refractivity contribution is 6.51. The quantitative estimate of drug-likeness (QED) is 0.737. The van der Waals surface area contributed by atoms with Gasteiger partial charge >= 0.3 is 0 Å². The van der Waals surface area contributed by atoms with E-state index in [1.54, 1.807) is 12.1 Å². The Morgan fingerprint density at radius 1 is 1.00 bits per heavy atom. The lowest BCUT2D eigenvalue weighted by molar-refractivity contribution is -0.112. The van der Waals surface area contributed by atoms with Crippen LogP contribution in [-0.2, 0) is 17.9 Å². The molecule has 0 saturated carbocycles. The van der Waals surface area contributed by atoms with Gasteiger partial charge in [0.05, 0.1) is 11.3 Å². The number of amides is 2. The molecule has 2 aliphatic rings. The summed E-state index contributed by atoms with van der Waals surface area (Å²) in [7, 11) is 0. The molecule has 114 valence electrons. The normalized spacial score (nSPS) is 15.1. The summed E-state index contributed by atoms with van der Waals surface area (Å²) in [6.45, 7) is 1.64. The molecular formula is C17H13N3O3. The maximum atomic E-state index is 12.4. The summed E-state index contributed by atoms with van der Waals surface area (Å²) in [5.74, 6) is -1.59. The molecule has 0 saturated heterocycles. The fourth-order valence-electron chi connectivity index (χ4n) is 2.86. The zero-order valence-electron chi connectivity index (χ0n) is 12.1. The molecule has 0 spiro atoms. The minimum absolute atomic E-state index is 0.237. The third kappa shape index (κ3) is 2.29. The van der Waals surface area contributed by atoms with Gasteiger partial charge in [-0.3, -0.25) is 14.4 Å². The van der Waals surface area contributed by atoms with Crippen molar-refractivity contribution >= 4 is 29.0 Å². The highest BCUT2D eigenvalue weighted by atomic mass is 16.2. The van der Waals surface area contributed by atoms with Gasteiger partial charge in [-0.1, -0.05) is 6.07 Å². The molecule has 23 heavy (non-hydrogen) atoms. The summed E-state index contributed by atoms with van der Waals surface area (Å²) >= 11 is 0. The fourth-order valence-corrected chi connectivity index (χ4v) is 2.86. The second-order valence-corrected chi connectivity index (χ2v) is 5.58. The lowest BCUT2D eigenvalue weighted by Gasteiger charge is -2.08. The molecule has 0 fully saturated rings. The molecule has 3 N–H and O–H groups in total. The van der Waals surface area contributed by atoms with Crippen molar-refractivity contribution in [3.63, 3.8) is 0 Å². The molecule has 4 rings (SSSR count). The SMILES string of the molecule is O=C1Nc2ccc(C(=O)Nc3ccc4c(c3)CNC4)cc2C1=O. The van der Waals surface area contributed by atoms with E-state index in [1.807, 2.05) is 18.2 Å². The van der Waals surface area contributed by atoms with E-state index in [0.717, 1.165) is 13.1 Å². The van der Waals surface area contributed by atoms with E-state index in [0.29, 0.717) is 16.9 Å². The highest BCUT2D eigenvalue weighted by Gasteiger charge is 2.28. The van der Waals surface area contributed by atoms with Crippen molar-refractivity contribution in [2.24, 2.45) is 0 Å². The summed E-state index contributed by atoms with van der Waals surface area (Å²) in [5, 5.41) is 8.53. The predicted octanol–water partition coefficient (Wildman–Crippen LogP) is 1.68. The van der Waals surface area contributed by atoms with Crippen molar-refractivity contribution in [3.05, 3.63) is 58.7 Å². The summed E-state index contributed by atoms with van der Waals surface area (Å²) in [6.07, 6.45) is 0. The molecule has 0 aromatic heterocycles. The molecule has 0 atom stereocenters. The van der Waals surface area contributed by atoms with Crippen LogP contribution in [0.3, 0.4) is 0 Å². The van der Waals surface area contributed by atoms with Crippen molar-refractivity contribution < 1.29 is 14.4 Å². The van der Waals surface area contributed by atoms with Crippen molar-refractivity contribution in [1.29, 1.82) is 0 Å². The third-order valence-corrected chi connectivity index (χ3v) is 4.08. The Balaban J connectivity index is 1.58. The number of nitrogens with one attached hydrogen (secondary N) is 3. The standard InChI is InChI=1S/C17H13N3O3/c21-15-13-6-9(2-4-14(13)20-17(15)23)16(22)19-12-3-1-10-7-18-8-11(10)5-12/h1-6,18H,7-8H2,(H,19,22)(H,20,21,23). The zero-order valence-corrected chi connectivity index (χ0v) is 12.1. The predicted molar refractivity (Wildman–Crippen MR) is 84.3 cm³/mol. The van der Waals surface area contributed by atoms with E-state index < -0.39 is 11.7 Å². The number of anilines is 2. The Bertz CT molecular complexity index is 873. The van der Waals surface area contributed by atoms with E-state index in [4.69, 9.17) is 0 Å². The van der Waals surface area contributed by atoms with Crippen LogP contribution in [0.4, 0.5) is 11.4 Å². The second kappa shape index (κ2) is 5.03. The van der Waals surface area contributed by atoms with Crippen LogP contribution in [0.25, 0.3) is 0 Å². The number of carbonyl (C=O) groups is 3. The van der Waals surface area contributed by atoms with E-state index in [9.17, 15) is 14.4 Å². The van der Waals surface area contributed by atoms with Crippen LogP contribution in [0.2, 0.25) is 0 Å². The number of fused-ring (bicyclic) bond motifs is 2. The van der Waals surface area contributed by atoms with E-state index >= 15 is 0 Å². The summed E-state index contributed by atoms with van der Waals surface area (Å²) in [4.78, 5) is 35.4. The van der Waals surface area contributed by atoms with Gasteiger partial charge in [0, 0.05) is 24.3 Å². The Morgan fingerprint density at radius 3 is 2.70 bits per heavy atom. The molecule has 2 aliphatic heterocycles. The summed E-state index contributed by atoms with van der Waals surface area (Å²) in [6, 6.07) is 10.4.